The van der Waals surface area contributed by atoms with Crippen molar-refractivity contribution in [1.82, 2.24) is 4.90 Å². The Morgan fingerprint density at radius 1 is 1.17 bits per heavy atom. The van der Waals surface area contributed by atoms with Crippen LogP contribution in [0.1, 0.15) is 18.4 Å². The average Bonchev–Trinajstić information content (AvgIpc) is 2.48. The first kappa shape index (κ1) is 17.1. The van der Waals surface area contributed by atoms with Crippen LogP contribution in [0.15, 0.2) is 24.3 Å². The first-order chi connectivity index (χ1) is 10.7. The highest BCUT2D eigenvalue weighted by atomic mass is 19.4. The Morgan fingerprint density at radius 3 is 2.22 bits per heavy atom. The third kappa shape index (κ3) is 5.15. The second-order valence-corrected chi connectivity index (χ2v) is 5.36. The van der Waals surface area contributed by atoms with Gasteiger partial charge in [-0.2, -0.15) is 0 Å². The minimum atomic E-state index is -4.74. The van der Waals surface area contributed by atoms with Crippen molar-refractivity contribution in [2.75, 3.05) is 13.1 Å². The zero-order valence-electron chi connectivity index (χ0n) is 12.2. The van der Waals surface area contributed by atoms with E-state index in [-0.39, 0.29) is 18.1 Å². The molecule has 1 fully saturated rings. The number of aliphatic carboxylic acids is 1. The SMILES string of the molecule is O=C(O)C1CCN(C(=O)Cc2ccc(OC(F)(F)F)cc2)CC1. The van der Waals surface area contributed by atoms with E-state index < -0.39 is 18.2 Å². The van der Waals surface area contributed by atoms with Crippen LogP contribution in [0.4, 0.5) is 13.2 Å². The summed E-state index contributed by atoms with van der Waals surface area (Å²) >= 11 is 0. The van der Waals surface area contributed by atoms with Crippen LogP contribution < -0.4 is 4.74 Å². The van der Waals surface area contributed by atoms with Gasteiger partial charge in [0.05, 0.1) is 12.3 Å². The number of nitrogens with zero attached hydrogens (tertiary/aromatic N) is 1. The fraction of sp³-hybridized carbons (Fsp3) is 0.467. The van der Waals surface area contributed by atoms with Gasteiger partial charge >= 0.3 is 12.3 Å². The van der Waals surface area contributed by atoms with Gasteiger partial charge in [-0.15, -0.1) is 13.2 Å². The van der Waals surface area contributed by atoms with Gasteiger partial charge in [-0.3, -0.25) is 9.59 Å². The fourth-order valence-corrected chi connectivity index (χ4v) is 2.47. The Morgan fingerprint density at radius 2 is 1.74 bits per heavy atom. The normalized spacial score (nSPS) is 16.2. The van der Waals surface area contributed by atoms with Crippen LogP contribution >= 0.6 is 0 Å². The predicted octanol–water partition coefficient (Wildman–Crippen LogP) is 2.45. The third-order valence-corrected chi connectivity index (χ3v) is 3.71. The molecule has 0 radical (unpaired) electrons. The van der Waals surface area contributed by atoms with Crippen molar-refractivity contribution < 1.29 is 32.6 Å². The second-order valence-electron chi connectivity index (χ2n) is 5.36. The summed E-state index contributed by atoms with van der Waals surface area (Å²) in [6.07, 6.45) is -3.85. The largest absolute Gasteiger partial charge is 0.573 e. The predicted molar refractivity (Wildman–Crippen MR) is 73.8 cm³/mol. The van der Waals surface area contributed by atoms with Crippen LogP contribution in [-0.4, -0.2) is 41.3 Å². The van der Waals surface area contributed by atoms with E-state index in [4.69, 9.17) is 5.11 Å². The molecule has 1 N–H and O–H groups in total. The molecule has 1 aromatic carbocycles. The van der Waals surface area contributed by atoms with Gasteiger partial charge in [0.25, 0.3) is 0 Å². The summed E-state index contributed by atoms with van der Waals surface area (Å²) in [6, 6.07) is 5.13. The van der Waals surface area contributed by atoms with E-state index in [1.165, 1.54) is 12.1 Å². The highest BCUT2D eigenvalue weighted by molar-refractivity contribution is 5.79. The van der Waals surface area contributed by atoms with E-state index in [0.29, 0.717) is 31.5 Å². The van der Waals surface area contributed by atoms with E-state index >= 15 is 0 Å². The zero-order chi connectivity index (χ0) is 17.0. The second kappa shape index (κ2) is 6.89. The van der Waals surface area contributed by atoms with E-state index in [0.717, 1.165) is 12.1 Å². The molecule has 1 aromatic rings. The lowest BCUT2D eigenvalue weighted by Crippen LogP contribution is -2.40. The molecule has 1 saturated heterocycles. The van der Waals surface area contributed by atoms with Crippen molar-refractivity contribution in [3.63, 3.8) is 0 Å². The van der Waals surface area contributed by atoms with Gasteiger partial charge in [-0.25, -0.2) is 0 Å². The number of carbonyl (C=O) groups excluding carboxylic acids is 1. The molecule has 1 aliphatic heterocycles. The van der Waals surface area contributed by atoms with Crippen LogP contribution in [0.3, 0.4) is 0 Å². The molecule has 8 heteroatoms. The number of piperidine rings is 1. The molecule has 0 aliphatic carbocycles. The van der Waals surface area contributed by atoms with E-state index in [1.54, 1.807) is 4.90 Å². The minimum absolute atomic E-state index is 0.0596. The number of amides is 1. The van der Waals surface area contributed by atoms with Crippen molar-refractivity contribution >= 4 is 11.9 Å². The van der Waals surface area contributed by atoms with Gasteiger partial charge in [0, 0.05) is 13.1 Å². The summed E-state index contributed by atoms with van der Waals surface area (Å²) in [5.41, 5.74) is 0.574. The lowest BCUT2D eigenvalue weighted by molar-refractivity contribution is -0.274. The summed E-state index contributed by atoms with van der Waals surface area (Å²) in [7, 11) is 0. The first-order valence-corrected chi connectivity index (χ1v) is 7.10. The summed E-state index contributed by atoms with van der Waals surface area (Å²) in [5.74, 6) is -1.77. The van der Waals surface area contributed by atoms with Gasteiger partial charge in [0.1, 0.15) is 5.75 Å². The van der Waals surface area contributed by atoms with Gasteiger partial charge in [-0.05, 0) is 30.5 Å². The number of rotatable bonds is 4. The Bertz CT molecular complexity index is 563. The zero-order valence-corrected chi connectivity index (χ0v) is 12.2. The summed E-state index contributed by atoms with van der Waals surface area (Å²) < 4.78 is 39.9. The van der Waals surface area contributed by atoms with Gasteiger partial charge in [-0.1, -0.05) is 12.1 Å². The van der Waals surface area contributed by atoms with E-state index in [9.17, 15) is 22.8 Å². The molecule has 0 unspecified atom stereocenters. The fourth-order valence-electron chi connectivity index (χ4n) is 2.47. The molecular weight excluding hydrogens is 315 g/mol. The minimum Gasteiger partial charge on any atom is -0.481 e. The van der Waals surface area contributed by atoms with Crippen molar-refractivity contribution in [2.45, 2.75) is 25.6 Å². The number of hydrogen-bond donors (Lipinski definition) is 1. The first-order valence-electron chi connectivity index (χ1n) is 7.10. The number of carboxylic acid groups (broad SMARTS) is 1. The lowest BCUT2D eigenvalue weighted by Gasteiger charge is -2.30. The molecule has 1 aliphatic rings. The molecule has 23 heavy (non-hydrogen) atoms. The Kier molecular flexibility index (Phi) is 5.12. The Balaban J connectivity index is 1.87. The van der Waals surface area contributed by atoms with Crippen molar-refractivity contribution in [3.05, 3.63) is 29.8 Å². The maximum Gasteiger partial charge on any atom is 0.573 e. The molecule has 0 bridgehead atoms. The monoisotopic (exact) mass is 331 g/mol. The quantitative estimate of drug-likeness (QED) is 0.920. The third-order valence-electron chi connectivity index (χ3n) is 3.71. The van der Waals surface area contributed by atoms with E-state index in [2.05, 4.69) is 4.74 Å². The number of carboxylic acids is 1. The van der Waals surface area contributed by atoms with Crippen LogP contribution in [-0.2, 0) is 16.0 Å². The van der Waals surface area contributed by atoms with Crippen LogP contribution in [0.5, 0.6) is 5.75 Å². The van der Waals surface area contributed by atoms with Crippen LogP contribution in [0.2, 0.25) is 0 Å². The molecule has 0 aromatic heterocycles. The molecule has 1 amide bonds. The van der Waals surface area contributed by atoms with Gasteiger partial charge in [0.2, 0.25) is 5.91 Å². The average molecular weight is 331 g/mol. The number of ether oxygens (including phenoxy) is 1. The maximum atomic E-state index is 12.1. The van der Waals surface area contributed by atoms with E-state index in [1.807, 2.05) is 0 Å². The number of alkyl halides is 3. The van der Waals surface area contributed by atoms with Crippen molar-refractivity contribution in [3.8, 4) is 5.75 Å². The smallest absolute Gasteiger partial charge is 0.481 e. The Hall–Kier alpha value is -2.25. The Labute approximate surface area is 130 Å². The van der Waals surface area contributed by atoms with Crippen molar-refractivity contribution in [1.29, 1.82) is 0 Å². The molecule has 126 valence electrons. The maximum absolute atomic E-state index is 12.1. The molecule has 0 spiro atoms. The summed E-state index contributed by atoms with van der Waals surface area (Å²) in [5, 5.41) is 8.91. The lowest BCUT2D eigenvalue weighted by atomic mass is 9.96. The number of likely N-dealkylation sites (tertiary alicyclic amines) is 1. The molecule has 2 rings (SSSR count). The molecule has 0 saturated carbocycles. The van der Waals surface area contributed by atoms with Crippen LogP contribution in [0, 0.1) is 5.92 Å². The molecule has 0 atom stereocenters. The topological polar surface area (TPSA) is 66.8 Å². The molecule has 5 nitrogen and oxygen atoms in total. The number of halogens is 3. The molecule has 1 heterocycles. The summed E-state index contributed by atoms with van der Waals surface area (Å²) in [4.78, 5) is 24.6. The van der Waals surface area contributed by atoms with Crippen LogP contribution in [0.25, 0.3) is 0 Å². The van der Waals surface area contributed by atoms with Crippen molar-refractivity contribution in [2.24, 2.45) is 5.92 Å². The number of benzene rings is 1. The highest BCUT2D eigenvalue weighted by Crippen LogP contribution is 2.23. The summed E-state index contributed by atoms with van der Waals surface area (Å²) in [6.45, 7) is 0.760. The highest BCUT2D eigenvalue weighted by Gasteiger charge is 2.31. The standard InChI is InChI=1S/C15H16F3NO4/c16-15(17,18)23-12-3-1-10(2-4-12)9-13(20)19-7-5-11(6-8-19)14(21)22/h1-4,11H,5-9H2,(H,21,22). The van der Waals surface area contributed by atoms with Gasteiger partial charge < -0.3 is 14.7 Å². The number of carbonyl (C=O) groups is 2. The molecular formula is C15H16F3NO4. The van der Waals surface area contributed by atoms with Gasteiger partial charge in [0.15, 0.2) is 0 Å². The number of hydrogen-bond acceptors (Lipinski definition) is 3.